The number of nitrogens with two attached hydrogens (primary N) is 1. The summed E-state index contributed by atoms with van der Waals surface area (Å²) in [5, 5.41) is 13.4. The standard InChI is InChI=1S/C20H32FN6O7PS/c1-6-31-16-13-15(24-19(22)25-16)27(10-23-13)18-20(5,21)14(28)12(34-18)9-33-35(30,36-8-3)26-11(4)17(29)32-7-2/h10-12,14,18,28H,6-9H2,1-5H3,(H,26,30)(H2,22,24,25). The zero-order valence-electron chi connectivity index (χ0n) is 20.7. The van der Waals surface area contributed by atoms with E-state index in [0.29, 0.717) is 12.4 Å². The van der Waals surface area contributed by atoms with Crippen LogP contribution >= 0.6 is 18.1 Å². The van der Waals surface area contributed by atoms with E-state index >= 15 is 4.39 Å². The quantitative estimate of drug-likeness (QED) is 0.260. The molecule has 13 nitrogen and oxygen atoms in total. The molecule has 3 rings (SSSR count). The monoisotopic (exact) mass is 550 g/mol. The van der Waals surface area contributed by atoms with Crippen LogP contribution in [0.25, 0.3) is 11.2 Å². The van der Waals surface area contributed by atoms with Gasteiger partial charge in [-0.05, 0) is 27.7 Å². The molecule has 1 aliphatic heterocycles. The van der Waals surface area contributed by atoms with E-state index in [1.807, 2.05) is 0 Å². The van der Waals surface area contributed by atoms with Gasteiger partial charge in [0.25, 0.3) is 0 Å². The van der Waals surface area contributed by atoms with Gasteiger partial charge in [-0.25, -0.2) is 14.5 Å². The molecule has 0 amide bonds. The molecule has 0 saturated carbocycles. The van der Waals surface area contributed by atoms with Gasteiger partial charge in [-0.2, -0.15) is 9.97 Å². The minimum absolute atomic E-state index is 0.106. The molecule has 0 aliphatic carbocycles. The van der Waals surface area contributed by atoms with Gasteiger partial charge in [0.15, 0.2) is 23.1 Å². The number of fused-ring (bicyclic) bond motifs is 1. The normalized spacial score (nSPS) is 26.6. The number of rotatable bonds is 12. The molecule has 1 fully saturated rings. The summed E-state index contributed by atoms with van der Waals surface area (Å²) in [5.41, 5.74) is 3.89. The third-order valence-electron chi connectivity index (χ3n) is 5.36. The molecule has 0 radical (unpaired) electrons. The first-order valence-electron chi connectivity index (χ1n) is 11.5. The summed E-state index contributed by atoms with van der Waals surface area (Å²) in [6.45, 7) is 4.27. The van der Waals surface area contributed by atoms with Crippen LogP contribution in [-0.4, -0.2) is 80.1 Å². The number of ether oxygens (including phenoxy) is 3. The Bertz CT molecular complexity index is 1120. The molecular formula is C20H32FN6O7PS. The van der Waals surface area contributed by atoms with E-state index in [1.54, 1.807) is 20.8 Å². The largest absolute Gasteiger partial charge is 0.476 e. The summed E-state index contributed by atoms with van der Waals surface area (Å²) in [7, 11) is 0. The number of halogens is 1. The smallest absolute Gasteiger partial charge is 0.327 e. The Hall–Kier alpha value is -2.03. The molecular weight excluding hydrogens is 518 g/mol. The fourth-order valence-corrected chi connectivity index (χ4v) is 7.29. The number of aromatic nitrogens is 4. The first-order valence-corrected chi connectivity index (χ1v) is 14.7. The van der Waals surface area contributed by atoms with Gasteiger partial charge in [-0.15, -0.1) is 0 Å². The molecule has 1 aliphatic rings. The first kappa shape index (κ1) is 28.5. The minimum atomic E-state index is -3.63. The van der Waals surface area contributed by atoms with Crippen molar-refractivity contribution < 1.29 is 37.6 Å². The number of carbonyl (C=O) groups is 1. The van der Waals surface area contributed by atoms with Crippen LogP contribution in [0, 0.1) is 0 Å². The van der Waals surface area contributed by atoms with Crippen molar-refractivity contribution in [1.29, 1.82) is 0 Å². The number of imidazole rings is 1. The van der Waals surface area contributed by atoms with Crippen LogP contribution in [0.3, 0.4) is 0 Å². The molecule has 0 aromatic carbocycles. The Kier molecular flexibility index (Phi) is 9.17. The maximum Gasteiger partial charge on any atom is 0.327 e. The molecule has 202 valence electrons. The lowest BCUT2D eigenvalue weighted by Gasteiger charge is -2.25. The molecule has 0 spiro atoms. The summed E-state index contributed by atoms with van der Waals surface area (Å²) in [5.74, 6) is -0.156. The highest BCUT2D eigenvalue weighted by molar-refractivity contribution is 8.56. The zero-order valence-corrected chi connectivity index (χ0v) is 22.4. The van der Waals surface area contributed by atoms with E-state index in [-0.39, 0.29) is 29.6 Å². The molecule has 36 heavy (non-hydrogen) atoms. The van der Waals surface area contributed by atoms with Crippen LogP contribution < -0.4 is 15.6 Å². The zero-order chi connectivity index (χ0) is 26.7. The molecule has 0 bridgehead atoms. The highest BCUT2D eigenvalue weighted by atomic mass is 32.7. The lowest BCUT2D eigenvalue weighted by Crippen LogP contribution is -2.41. The molecule has 6 atom stereocenters. The molecule has 16 heteroatoms. The van der Waals surface area contributed by atoms with E-state index in [0.717, 1.165) is 11.4 Å². The van der Waals surface area contributed by atoms with Gasteiger partial charge in [0, 0.05) is 5.75 Å². The third-order valence-corrected chi connectivity index (χ3v) is 9.57. The summed E-state index contributed by atoms with van der Waals surface area (Å²) in [4.78, 5) is 24.3. The molecule has 2 aromatic rings. The van der Waals surface area contributed by atoms with Crippen LogP contribution in [0.1, 0.15) is 40.8 Å². The topological polar surface area (TPSA) is 173 Å². The van der Waals surface area contributed by atoms with Crippen LogP contribution in [-0.2, 0) is 23.4 Å². The van der Waals surface area contributed by atoms with Gasteiger partial charge in [0.2, 0.25) is 11.8 Å². The number of nitrogens with one attached hydrogen (secondary N) is 1. The van der Waals surface area contributed by atoms with Gasteiger partial charge in [0.1, 0.15) is 18.2 Å². The molecule has 4 N–H and O–H groups in total. The second kappa shape index (κ2) is 11.6. The number of nitrogens with zero attached hydrogens (tertiary/aromatic N) is 4. The van der Waals surface area contributed by atoms with Gasteiger partial charge < -0.3 is 29.6 Å². The van der Waals surface area contributed by atoms with Crippen molar-refractivity contribution in [3.8, 4) is 5.88 Å². The van der Waals surface area contributed by atoms with E-state index < -0.39 is 49.4 Å². The molecule has 6 unspecified atom stereocenters. The van der Waals surface area contributed by atoms with Crippen LogP contribution in [0.4, 0.5) is 10.3 Å². The Morgan fingerprint density at radius 2 is 2.14 bits per heavy atom. The van der Waals surface area contributed by atoms with E-state index in [1.165, 1.54) is 24.7 Å². The minimum Gasteiger partial charge on any atom is -0.476 e. The maximum absolute atomic E-state index is 15.8. The second-order valence-corrected chi connectivity index (χ2v) is 12.6. The van der Waals surface area contributed by atoms with Crippen molar-refractivity contribution in [2.45, 2.75) is 64.8 Å². The van der Waals surface area contributed by atoms with Gasteiger partial charge in [-0.3, -0.25) is 13.9 Å². The number of anilines is 1. The Morgan fingerprint density at radius 1 is 1.42 bits per heavy atom. The number of nitrogen functional groups attached to an aromatic ring is 1. The number of esters is 1. The number of alkyl halides is 1. The Balaban J connectivity index is 1.81. The Morgan fingerprint density at radius 3 is 2.78 bits per heavy atom. The average molecular weight is 551 g/mol. The van der Waals surface area contributed by atoms with E-state index in [4.69, 9.17) is 24.5 Å². The predicted octanol–water partition coefficient (Wildman–Crippen LogP) is 2.21. The SMILES string of the molecule is CCOC(=O)C(C)NP(=O)(OCC1OC(n2cnc3c(OCC)nc(N)nc32)C(C)(F)C1O)SCC. The van der Waals surface area contributed by atoms with Crippen LogP contribution in [0.5, 0.6) is 5.88 Å². The lowest BCUT2D eigenvalue weighted by molar-refractivity contribution is -0.144. The molecule has 2 aromatic heterocycles. The number of hydrogen-bond acceptors (Lipinski definition) is 12. The third kappa shape index (κ3) is 5.92. The van der Waals surface area contributed by atoms with Gasteiger partial charge >= 0.3 is 12.7 Å². The summed E-state index contributed by atoms with van der Waals surface area (Å²) < 4.78 is 52.2. The average Bonchev–Trinajstić information content (AvgIpc) is 3.31. The lowest BCUT2D eigenvalue weighted by atomic mass is 9.98. The highest BCUT2D eigenvalue weighted by Gasteiger charge is 2.56. The number of carbonyl (C=O) groups excluding carboxylic acids is 1. The van der Waals surface area contributed by atoms with Gasteiger partial charge in [0.05, 0.1) is 26.1 Å². The number of hydrogen-bond donors (Lipinski definition) is 3. The summed E-state index contributed by atoms with van der Waals surface area (Å²) in [6, 6.07) is -0.912. The van der Waals surface area contributed by atoms with Crippen LogP contribution in [0.15, 0.2) is 6.33 Å². The first-order chi connectivity index (χ1) is 17.0. The van der Waals surface area contributed by atoms with Crippen molar-refractivity contribution in [1.82, 2.24) is 24.6 Å². The maximum atomic E-state index is 15.8. The number of aliphatic hydroxyl groups is 1. The Labute approximate surface area is 211 Å². The predicted molar refractivity (Wildman–Crippen MR) is 131 cm³/mol. The fourth-order valence-electron chi connectivity index (χ4n) is 3.68. The van der Waals surface area contributed by atoms with Crippen molar-refractivity contribution in [3.63, 3.8) is 0 Å². The van der Waals surface area contributed by atoms with Crippen molar-refractivity contribution in [2.24, 2.45) is 0 Å². The van der Waals surface area contributed by atoms with E-state index in [2.05, 4.69) is 20.0 Å². The molecule has 1 saturated heterocycles. The van der Waals surface area contributed by atoms with Crippen molar-refractivity contribution in [3.05, 3.63) is 6.33 Å². The summed E-state index contributed by atoms with van der Waals surface area (Å²) in [6.07, 6.45) is -2.91. The van der Waals surface area contributed by atoms with Gasteiger partial charge in [-0.1, -0.05) is 18.3 Å². The fraction of sp³-hybridized carbons (Fsp3) is 0.700. The van der Waals surface area contributed by atoms with E-state index in [9.17, 15) is 14.5 Å². The second-order valence-electron chi connectivity index (χ2n) is 8.08. The highest BCUT2D eigenvalue weighted by Crippen LogP contribution is 2.57. The van der Waals surface area contributed by atoms with Crippen LogP contribution in [0.2, 0.25) is 0 Å². The molecule has 3 heterocycles. The summed E-state index contributed by atoms with van der Waals surface area (Å²) >= 11 is 0.959. The van der Waals surface area contributed by atoms with Crippen molar-refractivity contribution in [2.75, 3.05) is 31.3 Å². The van der Waals surface area contributed by atoms with Crippen molar-refractivity contribution >= 4 is 41.2 Å². The number of aliphatic hydroxyl groups excluding tert-OH is 1.